The van der Waals surface area contributed by atoms with E-state index in [4.69, 9.17) is 4.74 Å². The number of benzene rings is 2. The molecule has 0 N–H and O–H groups in total. The van der Waals surface area contributed by atoms with E-state index < -0.39 is 0 Å². The van der Waals surface area contributed by atoms with E-state index >= 15 is 0 Å². The number of nitrogens with zero attached hydrogens (tertiary/aromatic N) is 1. The minimum Gasteiger partial charge on any atom is -0.372 e. The number of fused-ring (bicyclic) bond motifs is 3. The van der Waals surface area contributed by atoms with Crippen LogP contribution < -0.4 is 0 Å². The number of hydrogen-bond acceptors (Lipinski definition) is 3. The molecule has 0 saturated heterocycles. The number of aromatic nitrogens is 1. The lowest BCUT2D eigenvalue weighted by atomic mass is 9.81. The van der Waals surface area contributed by atoms with Crippen LogP contribution in [0.1, 0.15) is 52.6 Å². The fraction of sp³-hybridized carbons (Fsp3) is 0.217. The van der Waals surface area contributed by atoms with E-state index in [1.54, 1.807) is 25.6 Å². The fourth-order valence-corrected chi connectivity index (χ4v) is 4.07. The quantitative estimate of drug-likeness (QED) is 0.630. The van der Waals surface area contributed by atoms with Crippen LogP contribution in [0.3, 0.4) is 0 Å². The predicted octanol–water partition coefficient (Wildman–Crippen LogP) is 4.94. The lowest BCUT2D eigenvalue weighted by molar-refractivity contribution is 0.110. The van der Waals surface area contributed by atoms with Crippen molar-refractivity contribution in [2.45, 2.75) is 25.4 Å². The van der Waals surface area contributed by atoms with Crippen molar-refractivity contribution < 1.29 is 9.53 Å². The summed E-state index contributed by atoms with van der Waals surface area (Å²) < 4.78 is 5.77. The van der Waals surface area contributed by atoms with Crippen LogP contribution in [0.25, 0.3) is 11.1 Å². The van der Waals surface area contributed by atoms with Crippen LogP contribution >= 0.6 is 0 Å². The van der Waals surface area contributed by atoms with Gasteiger partial charge in [-0.1, -0.05) is 56.3 Å². The minimum atomic E-state index is -0.325. The Hall–Kier alpha value is -2.78. The van der Waals surface area contributed by atoms with Gasteiger partial charge in [-0.25, -0.2) is 0 Å². The standard InChI is InChI=1S/C23H21NO2/c1-23(2)20-7-5-4-6-17(20)18-9-8-15(12-21(18)23)22(26-3)19-13-24-11-10-16(19)14-25/h4-14,22H,1-3H3. The molecule has 0 bridgehead atoms. The molecule has 130 valence electrons. The van der Waals surface area contributed by atoms with E-state index in [2.05, 4.69) is 61.3 Å². The Balaban J connectivity index is 1.86. The number of ether oxygens (including phenoxy) is 1. The lowest BCUT2D eigenvalue weighted by Crippen LogP contribution is -2.16. The van der Waals surface area contributed by atoms with Crippen molar-refractivity contribution in [3.8, 4) is 11.1 Å². The van der Waals surface area contributed by atoms with Gasteiger partial charge in [-0.2, -0.15) is 0 Å². The second-order valence-corrected chi connectivity index (χ2v) is 7.21. The molecule has 0 saturated carbocycles. The molecule has 1 aliphatic rings. The molecule has 1 atom stereocenters. The number of aldehydes is 1. The maximum atomic E-state index is 11.4. The summed E-state index contributed by atoms with van der Waals surface area (Å²) in [5.41, 5.74) is 7.55. The Morgan fingerprint density at radius 1 is 1.04 bits per heavy atom. The molecule has 0 aliphatic heterocycles. The Labute approximate surface area is 153 Å². The van der Waals surface area contributed by atoms with Crippen molar-refractivity contribution in [1.29, 1.82) is 0 Å². The topological polar surface area (TPSA) is 39.2 Å². The molecule has 0 fully saturated rings. The second-order valence-electron chi connectivity index (χ2n) is 7.21. The highest BCUT2D eigenvalue weighted by Gasteiger charge is 2.35. The summed E-state index contributed by atoms with van der Waals surface area (Å²) in [4.78, 5) is 15.6. The Morgan fingerprint density at radius 3 is 2.58 bits per heavy atom. The molecular formula is C23H21NO2. The number of rotatable bonds is 4. The van der Waals surface area contributed by atoms with Gasteiger partial charge in [-0.15, -0.1) is 0 Å². The first-order valence-electron chi connectivity index (χ1n) is 8.74. The normalized spacial score (nSPS) is 15.2. The van der Waals surface area contributed by atoms with E-state index in [0.29, 0.717) is 5.56 Å². The third kappa shape index (κ3) is 2.39. The van der Waals surface area contributed by atoms with Crippen LogP contribution in [0.4, 0.5) is 0 Å². The summed E-state index contributed by atoms with van der Waals surface area (Å²) in [5.74, 6) is 0. The van der Waals surface area contributed by atoms with Crippen LogP contribution in [0.2, 0.25) is 0 Å². The zero-order valence-electron chi connectivity index (χ0n) is 15.2. The number of carbonyl (C=O) groups is 1. The highest BCUT2D eigenvalue weighted by molar-refractivity contribution is 5.81. The van der Waals surface area contributed by atoms with Gasteiger partial charge in [0, 0.05) is 36.0 Å². The first kappa shape index (κ1) is 16.7. The van der Waals surface area contributed by atoms with Gasteiger partial charge >= 0.3 is 0 Å². The SMILES string of the molecule is COC(c1ccc2c(c1)C(C)(C)c1ccccc1-2)c1cnccc1C=O. The van der Waals surface area contributed by atoms with Crippen molar-refractivity contribution in [3.05, 3.63) is 88.7 Å². The van der Waals surface area contributed by atoms with Gasteiger partial charge in [0.1, 0.15) is 6.10 Å². The zero-order chi connectivity index (χ0) is 18.3. The van der Waals surface area contributed by atoms with Crippen molar-refractivity contribution in [3.63, 3.8) is 0 Å². The molecule has 1 aliphatic carbocycles. The molecule has 0 amide bonds. The van der Waals surface area contributed by atoms with Crippen LogP contribution in [-0.2, 0) is 10.2 Å². The van der Waals surface area contributed by atoms with Gasteiger partial charge in [-0.3, -0.25) is 9.78 Å². The molecule has 3 nitrogen and oxygen atoms in total. The summed E-state index contributed by atoms with van der Waals surface area (Å²) in [5, 5.41) is 0. The summed E-state index contributed by atoms with van der Waals surface area (Å²) in [6.07, 6.45) is 3.87. The van der Waals surface area contributed by atoms with Gasteiger partial charge < -0.3 is 4.74 Å². The maximum Gasteiger partial charge on any atom is 0.150 e. The van der Waals surface area contributed by atoms with Gasteiger partial charge in [0.15, 0.2) is 6.29 Å². The molecule has 4 rings (SSSR count). The van der Waals surface area contributed by atoms with Crippen molar-refractivity contribution in [1.82, 2.24) is 4.98 Å². The van der Waals surface area contributed by atoms with Gasteiger partial charge in [0.2, 0.25) is 0 Å². The molecule has 0 spiro atoms. The van der Waals surface area contributed by atoms with Gasteiger partial charge in [0.25, 0.3) is 0 Å². The second kappa shape index (κ2) is 6.19. The van der Waals surface area contributed by atoms with E-state index in [1.165, 1.54) is 22.3 Å². The molecule has 1 unspecified atom stereocenters. The number of hydrogen-bond donors (Lipinski definition) is 0. The van der Waals surface area contributed by atoms with Crippen LogP contribution in [0, 0.1) is 0 Å². The van der Waals surface area contributed by atoms with Crippen molar-refractivity contribution >= 4 is 6.29 Å². The molecule has 3 heteroatoms. The fourth-order valence-electron chi connectivity index (χ4n) is 4.07. The first-order chi connectivity index (χ1) is 12.6. The van der Waals surface area contributed by atoms with Gasteiger partial charge in [-0.05, 0) is 33.9 Å². The number of carbonyl (C=O) groups excluding carboxylic acids is 1. The third-order valence-corrected chi connectivity index (χ3v) is 5.44. The van der Waals surface area contributed by atoms with E-state index in [1.807, 2.05) is 0 Å². The van der Waals surface area contributed by atoms with Crippen LogP contribution in [0.5, 0.6) is 0 Å². The molecule has 26 heavy (non-hydrogen) atoms. The number of methoxy groups -OCH3 is 1. The Morgan fingerprint density at radius 2 is 1.81 bits per heavy atom. The minimum absolute atomic E-state index is 0.0668. The highest BCUT2D eigenvalue weighted by atomic mass is 16.5. The largest absolute Gasteiger partial charge is 0.372 e. The molecule has 3 aromatic rings. The Bertz CT molecular complexity index is 991. The Kier molecular flexibility index (Phi) is 3.97. The summed E-state index contributed by atoms with van der Waals surface area (Å²) in [6, 6.07) is 16.8. The lowest BCUT2D eigenvalue weighted by Gasteiger charge is -2.24. The monoisotopic (exact) mass is 343 g/mol. The molecular weight excluding hydrogens is 322 g/mol. The molecule has 0 radical (unpaired) electrons. The predicted molar refractivity (Wildman–Crippen MR) is 102 cm³/mol. The van der Waals surface area contributed by atoms with Crippen molar-refractivity contribution in [2.24, 2.45) is 0 Å². The smallest absolute Gasteiger partial charge is 0.150 e. The third-order valence-electron chi connectivity index (χ3n) is 5.44. The van der Waals surface area contributed by atoms with E-state index in [-0.39, 0.29) is 11.5 Å². The molecule has 1 heterocycles. The molecule has 1 aromatic heterocycles. The summed E-state index contributed by atoms with van der Waals surface area (Å²) in [7, 11) is 1.67. The highest BCUT2D eigenvalue weighted by Crippen LogP contribution is 2.49. The summed E-state index contributed by atoms with van der Waals surface area (Å²) in [6.45, 7) is 4.51. The first-order valence-corrected chi connectivity index (χ1v) is 8.74. The van der Waals surface area contributed by atoms with Crippen molar-refractivity contribution in [2.75, 3.05) is 7.11 Å². The van der Waals surface area contributed by atoms with Gasteiger partial charge in [0.05, 0.1) is 0 Å². The maximum absolute atomic E-state index is 11.4. The average Bonchev–Trinajstić information content (AvgIpc) is 2.91. The molecule has 2 aromatic carbocycles. The van der Waals surface area contributed by atoms with Crippen LogP contribution in [0.15, 0.2) is 60.9 Å². The summed E-state index contributed by atoms with van der Waals surface area (Å²) >= 11 is 0. The number of pyridine rings is 1. The zero-order valence-corrected chi connectivity index (χ0v) is 15.2. The van der Waals surface area contributed by atoms with E-state index in [0.717, 1.165) is 17.4 Å². The van der Waals surface area contributed by atoms with E-state index in [9.17, 15) is 4.79 Å². The average molecular weight is 343 g/mol. The van der Waals surface area contributed by atoms with Crippen LogP contribution in [-0.4, -0.2) is 18.4 Å².